The van der Waals surface area contributed by atoms with E-state index < -0.39 is 10.8 Å². The van der Waals surface area contributed by atoms with Crippen LogP contribution in [0.4, 0.5) is 5.69 Å². The fourth-order valence-electron chi connectivity index (χ4n) is 2.28. The largest absolute Gasteiger partial charge is 0.508 e. The number of phenols is 1. The maximum Gasteiger partial charge on any atom is 0.278 e. The van der Waals surface area contributed by atoms with Crippen molar-refractivity contribution < 1.29 is 19.6 Å². The Morgan fingerprint density at radius 2 is 2.00 bits per heavy atom. The number of ether oxygens (including phenoxy) is 1. The first kappa shape index (κ1) is 19.6. The molecule has 2 aromatic carbocycles. The fourth-order valence-corrected chi connectivity index (χ4v) is 3.21. The molecule has 2 rings (SSSR count). The van der Waals surface area contributed by atoms with E-state index in [-0.39, 0.29) is 23.6 Å². The van der Waals surface area contributed by atoms with Crippen LogP contribution < -0.4 is 10.2 Å². The summed E-state index contributed by atoms with van der Waals surface area (Å²) in [6.45, 7) is 3.53. The van der Waals surface area contributed by atoms with Crippen LogP contribution in [-0.4, -0.2) is 28.8 Å². The van der Waals surface area contributed by atoms with Gasteiger partial charge in [0.05, 0.1) is 16.7 Å². The van der Waals surface area contributed by atoms with Crippen molar-refractivity contribution >= 4 is 40.4 Å². The Morgan fingerprint density at radius 1 is 1.35 bits per heavy atom. The van der Waals surface area contributed by atoms with Gasteiger partial charge in [0.15, 0.2) is 6.61 Å². The molecule has 136 valence electrons. The highest BCUT2D eigenvalue weighted by atomic mass is 127. The third kappa shape index (κ3) is 5.15. The van der Waals surface area contributed by atoms with E-state index in [0.717, 1.165) is 27.0 Å². The van der Waals surface area contributed by atoms with E-state index in [1.165, 1.54) is 12.1 Å². The molecule has 0 saturated carbocycles. The first-order valence-corrected chi connectivity index (χ1v) is 8.54. The van der Waals surface area contributed by atoms with E-state index in [4.69, 9.17) is 4.74 Å². The topological polar surface area (TPSA) is 114 Å². The molecule has 8 nitrogen and oxygen atoms in total. The zero-order valence-electron chi connectivity index (χ0n) is 14.0. The number of hydrogen-bond donors (Lipinski definition) is 2. The number of hydrazone groups is 1. The molecule has 0 heterocycles. The number of aryl methyl sites for hydroxylation is 2. The van der Waals surface area contributed by atoms with Gasteiger partial charge in [-0.05, 0) is 71.8 Å². The molecule has 2 aromatic rings. The highest BCUT2D eigenvalue weighted by Crippen LogP contribution is 2.25. The Bertz CT molecular complexity index is 860. The van der Waals surface area contributed by atoms with Gasteiger partial charge in [0.1, 0.15) is 11.5 Å². The molecule has 0 bridgehead atoms. The second-order valence-electron chi connectivity index (χ2n) is 5.45. The first-order chi connectivity index (χ1) is 12.3. The van der Waals surface area contributed by atoms with Gasteiger partial charge in [0.2, 0.25) is 0 Å². The number of hydrogen-bond acceptors (Lipinski definition) is 6. The normalized spacial score (nSPS) is 10.7. The molecule has 0 radical (unpaired) electrons. The van der Waals surface area contributed by atoms with E-state index in [1.807, 2.05) is 26.0 Å². The third-order valence-electron chi connectivity index (χ3n) is 3.37. The quantitative estimate of drug-likeness (QED) is 0.292. The number of carbonyl (C=O) groups is 1. The summed E-state index contributed by atoms with van der Waals surface area (Å²) in [4.78, 5) is 22.2. The van der Waals surface area contributed by atoms with Gasteiger partial charge in [0.25, 0.3) is 11.6 Å². The van der Waals surface area contributed by atoms with Crippen molar-refractivity contribution in [3.8, 4) is 11.5 Å². The molecule has 0 spiro atoms. The predicted molar refractivity (Wildman–Crippen MR) is 105 cm³/mol. The van der Waals surface area contributed by atoms with Gasteiger partial charge in [-0.25, -0.2) is 5.43 Å². The molecule has 0 unspecified atom stereocenters. The van der Waals surface area contributed by atoms with Gasteiger partial charge >= 0.3 is 0 Å². The second kappa shape index (κ2) is 8.61. The Balaban J connectivity index is 1.99. The van der Waals surface area contributed by atoms with Crippen molar-refractivity contribution in [2.75, 3.05) is 6.61 Å². The van der Waals surface area contributed by atoms with Crippen molar-refractivity contribution in [3.05, 3.63) is 60.7 Å². The average Bonchev–Trinajstić information content (AvgIpc) is 2.53. The molecule has 2 N–H and O–H groups in total. The monoisotopic (exact) mass is 469 g/mol. The smallest absolute Gasteiger partial charge is 0.278 e. The summed E-state index contributed by atoms with van der Waals surface area (Å²) in [7, 11) is 0. The van der Waals surface area contributed by atoms with E-state index >= 15 is 0 Å². The standard InChI is InChI=1S/C17H16IN3O5/c1-10-5-13(18)6-11(2)17(10)26-9-16(23)20-19-8-12-7-14(22)3-4-15(12)21(24)25/h3-8,22H,9H2,1-2H3,(H,20,23). The molecular formula is C17H16IN3O5. The van der Waals surface area contributed by atoms with Gasteiger partial charge in [-0.3, -0.25) is 14.9 Å². The van der Waals surface area contributed by atoms with Crippen molar-refractivity contribution in [3.63, 3.8) is 0 Å². The third-order valence-corrected chi connectivity index (χ3v) is 4.00. The highest BCUT2D eigenvalue weighted by Gasteiger charge is 2.13. The molecule has 0 fully saturated rings. The number of nitrogens with one attached hydrogen (secondary N) is 1. The van der Waals surface area contributed by atoms with Crippen LogP contribution in [0.2, 0.25) is 0 Å². The fraction of sp³-hybridized carbons (Fsp3) is 0.176. The minimum atomic E-state index is -0.603. The Morgan fingerprint density at radius 3 is 2.62 bits per heavy atom. The number of amides is 1. The zero-order chi connectivity index (χ0) is 19.3. The molecule has 26 heavy (non-hydrogen) atoms. The minimum absolute atomic E-state index is 0.0699. The number of nitro benzene ring substituents is 1. The lowest BCUT2D eigenvalue weighted by Gasteiger charge is -2.11. The van der Waals surface area contributed by atoms with Crippen LogP contribution in [-0.2, 0) is 4.79 Å². The van der Waals surface area contributed by atoms with Crippen LogP contribution in [0.5, 0.6) is 11.5 Å². The van der Waals surface area contributed by atoms with Crippen LogP contribution in [0.15, 0.2) is 35.4 Å². The number of carbonyl (C=O) groups excluding carboxylic acids is 1. The van der Waals surface area contributed by atoms with E-state index in [1.54, 1.807) is 0 Å². The molecule has 0 saturated heterocycles. The van der Waals surface area contributed by atoms with Gasteiger partial charge in [-0.15, -0.1) is 0 Å². The number of aromatic hydroxyl groups is 1. The Labute approximate surface area is 163 Å². The number of rotatable bonds is 6. The molecule has 9 heteroatoms. The molecular weight excluding hydrogens is 453 g/mol. The zero-order valence-corrected chi connectivity index (χ0v) is 16.2. The molecule has 1 amide bonds. The number of nitrogens with zero attached hydrogens (tertiary/aromatic N) is 2. The average molecular weight is 469 g/mol. The number of nitro groups is 1. The van der Waals surface area contributed by atoms with Crippen LogP contribution in [0, 0.1) is 27.5 Å². The van der Waals surface area contributed by atoms with Gasteiger partial charge < -0.3 is 9.84 Å². The maximum absolute atomic E-state index is 11.8. The first-order valence-electron chi connectivity index (χ1n) is 7.47. The lowest BCUT2D eigenvalue weighted by Crippen LogP contribution is -2.25. The summed E-state index contributed by atoms with van der Waals surface area (Å²) < 4.78 is 6.61. The maximum atomic E-state index is 11.8. The van der Waals surface area contributed by atoms with Gasteiger partial charge in [0, 0.05) is 9.64 Å². The van der Waals surface area contributed by atoms with Crippen LogP contribution in [0.1, 0.15) is 16.7 Å². The summed E-state index contributed by atoms with van der Waals surface area (Å²) in [6.07, 6.45) is 1.09. The number of benzene rings is 2. The summed E-state index contributed by atoms with van der Waals surface area (Å²) in [5, 5.41) is 24.0. The van der Waals surface area contributed by atoms with E-state index in [2.05, 4.69) is 33.1 Å². The second-order valence-corrected chi connectivity index (χ2v) is 6.70. The molecule has 0 aliphatic rings. The van der Waals surface area contributed by atoms with Crippen LogP contribution >= 0.6 is 22.6 Å². The van der Waals surface area contributed by atoms with Crippen molar-refractivity contribution in [1.29, 1.82) is 0 Å². The summed E-state index contributed by atoms with van der Waals surface area (Å²) >= 11 is 2.20. The summed E-state index contributed by atoms with van der Waals surface area (Å²) in [5.74, 6) is -0.0223. The Hall–Kier alpha value is -2.69. The minimum Gasteiger partial charge on any atom is -0.508 e. The van der Waals surface area contributed by atoms with Crippen molar-refractivity contribution in [1.82, 2.24) is 5.43 Å². The van der Waals surface area contributed by atoms with E-state index in [9.17, 15) is 20.0 Å². The Kier molecular flexibility index (Phi) is 6.50. The van der Waals surface area contributed by atoms with Crippen LogP contribution in [0.25, 0.3) is 0 Å². The predicted octanol–water partition coefficient (Wildman–Crippen LogP) is 3.05. The lowest BCUT2D eigenvalue weighted by molar-refractivity contribution is -0.385. The summed E-state index contributed by atoms with van der Waals surface area (Å²) in [5.41, 5.74) is 3.91. The lowest BCUT2D eigenvalue weighted by atomic mass is 10.1. The molecule has 0 aliphatic heterocycles. The van der Waals surface area contributed by atoms with Crippen LogP contribution in [0.3, 0.4) is 0 Å². The molecule has 0 aliphatic carbocycles. The molecule has 0 atom stereocenters. The van der Waals surface area contributed by atoms with Gasteiger partial charge in [-0.1, -0.05) is 0 Å². The number of halogens is 1. The SMILES string of the molecule is Cc1cc(I)cc(C)c1OCC(=O)NN=Cc1cc(O)ccc1[N+](=O)[O-]. The number of phenolic OH excluding ortho intramolecular Hbond substituents is 1. The van der Waals surface area contributed by atoms with Crippen molar-refractivity contribution in [2.45, 2.75) is 13.8 Å². The summed E-state index contributed by atoms with van der Waals surface area (Å²) in [6, 6.07) is 7.43. The van der Waals surface area contributed by atoms with E-state index in [0.29, 0.717) is 5.75 Å². The molecule has 0 aromatic heterocycles. The highest BCUT2D eigenvalue weighted by molar-refractivity contribution is 14.1. The van der Waals surface area contributed by atoms with Crippen molar-refractivity contribution in [2.24, 2.45) is 5.10 Å². The van der Waals surface area contributed by atoms with Gasteiger partial charge in [-0.2, -0.15) is 5.10 Å².